The summed E-state index contributed by atoms with van der Waals surface area (Å²) in [6.45, 7) is 10.5. The summed E-state index contributed by atoms with van der Waals surface area (Å²) in [6.07, 6.45) is 9.20. The van der Waals surface area contributed by atoms with E-state index in [0.29, 0.717) is 18.1 Å². The number of hydrogen-bond acceptors (Lipinski definition) is 3. The molecule has 0 aromatic heterocycles. The fourth-order valence-electron chi connectivity index (χ4n) is 2.71. The van der Waals surface area contributed by atoms with Gasteiger partial charge in [-0.15, -0.1) is 0 Å². The molecule has 3 nitrogen and oxygen atoms in total. The second-order valence-electron chi connectivity index (χ2n) is 5.28. The molecule has 0 unspecified atom stereocenters. The van der Waals surface area contributed by atoms with E-state index in [9.17, 15) is 4.79 Å². The van der Waals surface area contributed by atoms with Gasteiger partial charge in [-0.25, -0.2) is 0 Å². The van der Waals surface area contributed by atoms with Crippen molar-refractivity contribution in [3.8, 4) is 0 Å². The molecule has 106 valence electrons. The molecule has 1 aliphatic carbocycles. The molecule has 0 aliphatic heterocycles. The third-order valence-electron chi connectivity index (χ3n) is 4.14. The Balaban J connectivity index is 0.000000982. The van der Waals surface area contributed by atoms with Crippen LogP contribution in [0.3, 0.4) is 0 Å². The molecule has 1 fully saturated rings. The second-order valence-corrected chi connectivity index (χ2v) is 5.28. The first-order valence-electron chi connectivity index (χ1n) is 6.83. The highest BCUT2D eigenvalue weighted by Crippen LogP contribution is 2.46. The molecule has 0 heterocycles. The van der Waals surface area contributed by atoms with E-state index in [-0.39, 0.29) is 11.6 Å². The van der Waals surface area contributed by atoms with E-state index in [2.05, 4.69) is 27.4 Å². The summed E-state index contributed by atoms with van der Waals surface area (Å²) >= 11 is 0. The lowest BCUT2D eigenvalue weighted by molar-refractivity contribution is -0.191. The number of hydrogen-bond donors (Lipinski definition) is 0. The van der Waals surface area contributed by atoms with Gasteiger partial charge in [0.2, 0.25) is 0 Å². The van der Waals surface area contributed by atoms with Crippen molar-refractivity contribution in [2.45, 2.75) is 52.9 Å². The summed E-state index contributed by atoms with van der Waals surface area (Å²) in [4.78, 5) is 28.2. The highest BCUT2D eigenvalue weighted by molar-refractivity contribution is 5.97. The molecule has 19 heavy (non-hydrogen) atoms. The van der Waals surface area contributed by atoms with Crippen molar-refractivity contribution in [1.82, 2.24) is 0 Å². The Morgan fingerprint density at radius 2 is 2.05 bits per heavy atom. The molecule has 0 aromatic carbocycles. The van der Waals surface area contributed by atoms with Crippen molar-refractivity contribution in [2.24, 2.45) is 11.3 Å². The van der Waals surface area contributed by atoms with E-state index >= 15 is 0 Å². The molecule has 0 aromatic rings. The van der Waals surface area contributed by atoms with Gasteiger partial charge in [-0.05, 0) is 24.2 Å². The Morgan fingerprint density at radius 3 is 2.53 bits per heavy atom. The van der Waals surface area contributed by atoms with Gasteiger partial charge >= 0.3 is 6.15 Å². The van der Waals surface area contributed by atoms with Crippen molar-refractivity contribution >= 4 is 11.9 Å². The maximum absolute atomic E-state index is 12.0. The van der Waals surface area contributed by atoms with Crippen LogP contribution in [0.1, 0.15) is 52.9 Å². The summed E-state index contributed by atoms with van der Waals surface area (Å²) < 4.78 is 0. The largest absolute Gasteiger partial charge is 0.373 e. The van der Waals surface area contributed by atoms with E-state index < -0.39 is 0 Å². The number of carbonyl (C=O) groups is 1. The Bertz CT molecular complexity index is 375. The molecule has 0 saturated heterocycles. The van der Waals surface area contributed by atoms with Gasteiger partial charge in [-0.3, -0.25) is 4.79 Å². The summed E-state index contributed by atoms with van der Waals surface area (Å²) in [5.41, 5.74) is 1.08. The first-order chi connectivity index (χ1) is 8.97. The van der Waals surface area contributed by atoms with Crippen LogP contribution in [0, 0.1) is 11.3 Å². The van der Waals surface area contributed by atoms with E-state index in [1.165, 1.54) is 12.8 Å². The number of carbonyl (C=O) groups excluding carboxylic acids is 3. The normalized spacial score (nSPS) is 28.3. The smallest absolute Gasteiger partial charge is 0.295 e. The minimum atomic E-state index is 0.0690. The quantitative estimate of drug-likeness (QED) is 0.727. The molecule has 2 atom stereocenters. The van der Waals surface area contributed by atoms with Crippen LogP contribution < -0.4 is 0 Å². The van der Waals surface area contributed by atoms with Crippen LogP contribution in [0.5, 0.6) is 0 Å². The summed E-state index contributed by atoms with van der Waals surface area (Å²) in [7, 11) is 0. The Kier molecular flexibility index (Phi) is 7.94. The predicted octanol–water partition coefficient (Wildman–Crippen LogP) is 3.71. The van der Waals surface area contributed by atoms with Crippen LogP contribution in [-0.4, -0.2) is 11.9 Å². The van der Waals surface area contributed by atoms with Crippen molar-refractivity contribution in [2.75, 3.05) is 0 Å². The molecule has 0 amide bonds. The minimum Gasteiger partial charge on any atom is -0.295 e. The SMILES string of the molecule is C=C/C=C1\C(=O)CC[C@@H](C)[C@]1(C)CCCC.O=C=O. The zero-order valence-corrected chi connectivity index (χ0v) is 12.2. The molecule has 0 N–H and O–H groups in total. The molecule has 0 spiro atoms. The lowest BCUT2D eigenvalue weighted by atomic mass is 9.62. The van der Waals surface area contributed by atoms with Crippen molar-refractivity contribution in [1.29, 1.82) is 0 Å². The first-order valence-corrected chi connectivity index (χ1v) is 6.83. The summed E-state index contributed by atoms with van der Waals surface area (Å²) in [5, 5.41) is 0. The molecular weight excluding hydrogens is 240 g/mol. The molecule has 1 saturated carbocycles. The molecule has 0 bridgehead atoms. The first kappa shape index (κ1) is 17.5. The number of unbranched alkanes of at least 4 members (excludes halogenated alkanes) is 1. The van der Waals surface area contributed by atoms with Gasteiger partial charge in [0.05, 0.1) is 0 Å². The lowest BCUT2D eigenvalue weighted by Crippen LogP contribution is -2.36. The van der Waals surface area contributed by atoms with E-state index in [1.54, 1.807) is 6.08 Å². The molecule has 0 radical (unpaired) electrons. The number of ketones is 1. The average Bonchev–Trinajstić information content (AvgIpc) is 2.38. The number of allylic oxidation sites excluding steroid dienone is 3. The predicted molar refractivity (Wildman–Crippen MR) is 74.3 cm³/mol. The standard InChI is InChI=1S/C15H24O.CO2/c1-5-7-11-15(4)12(3)9-10-14(16)13(15)8-6-2;2-1-3/h6,8,12H,2,5,7,9-11H2,1,3-4H3;/b13-8+;/t12-,15+;/m1./s1. The van der Waals surface area contributed by atoms with Crippen molar-refractivity contribution < 1.29 is 14.4 Å². The van der Waals surface area contributed by atoms with Crippen LogP contribution in [0.4, 0.5) is 0 Å². The summed E-state index contributed by atoms with van der Waals surface area (Å²) in [5.74, 6) is 0.930. The van der Waals surface area contributed by atoms with Gasteiger partial charge < -0.3 is 0 Å². The summed E-state index contributed by atoms with van der Waals surface area (Å²) in [6, 6.07) is 0. The molecular formula is C16H24O3. The van der Waals surface area contributed by atoms with Gasteiger partial charge in [0.15, 0.2) is 5.78 Å². The molecule has 1 rings (SSSR count). The Morgan fingerprint density at radius 1 is 1.47 bits per heavy atom. The molecule has 3 heteroatoms. The Hall–Kier alpha value is -1.47. The van der Waals surface area contributed by atoms with Crippen molar-refractivity contribution in [3.05, 3.63) is 24.3 Å². The van der Waals surface area contributed by atoms with E-state index in [0.717, 1.165) is 18.4 Å². The van der Waals surface area contributed by atoms with Crippen molar-refractivity contribution in [3.63, 3.8) is 0 Å². The average molecular weight is 264 g/mol. The van der Waals surface area contributed by atoms with Gasteiger partial charge in [0.25, 0.3) is 0 Å². The van der Waals surface area contributed by atoms with Gasteiger partial charge in [0.1, 0.15) is 0 Å². The highest BCUT2D eigenvalue weighted by atomic mass is 16.2. The fraction of sp³-hybridized carbons (Fsp3) is 0.625. The topological polar surface area (TPSA) is 51.2 Å². The van der Waals surface area contributed by atoms with Gasteiger partial charge in [-0.1, -0.05) is 52.3 Å². The zero-order chi connectivity index (χ0) is 14.9. The maximum atomic E-state index is 12.0. The minimum absolute atomic E-state index is 0.0690. The highest BCUT2D eigenvalue weighted by Gasteiger charge is 2.40. The van der Waals surface area contributed by atoms with Crippen LogP contribution in [0.2, 0.25) is 0 Å². The van der Waals surface area contributed by atoms with Gasteiger partial charge in [-0.2, -0.15) is 9.59 Å². The number of Topliss-reactive ketones (excluding diaryl/α,β-unsaturated/α-hetero) is 1. The lowest BCUT2D eigenvalue weighted by Gasteiger charge is -2.41. The van der Waals surface area contributed by atoms with E-state index in [1.807, 2.05) is 6.08 Å². The van der Waals surface area contributed by atoms with Crippen LogP contribution in [0.25, 0.3) is 0 Å². The molecule has 1 aliphatic rings. The number of rotatable bonds is 4. The monoisotopic (exact) mass is 264 g/mol. The second kappa shape index (κ2) is 8.60. The van der Waals surface area contributed by atoms with Gasteiger partial charge in [0, 0.05) is 12.0 Å². The third-order valence-corrected chi connectivity index (χ3v) is 4.14. The zero-order valence-electron chi connectivity index (χ0n) is 12.2. The fourth-order valence-corrected chi connectivity index (χ4v) is 2.71. The maximum Gasteiger partial charge on any atom is 0.373 e. The van der Waals surface area contributed by atoms with Crippen LogP contribution >= 0.6 is 0 Å². The third kappa shape index (κ3) is 4.60. The Labute approximate surface area is 115 Å². The van der Waals surface area contributed by atoms with E-state index in [4.69, 9.17) is 9.59 Å². The van der Waals surface area contributed by atoms with Crippen LogP contribution in [0.15, 0.2) is 24.3 Å². The van der Waals surface area contributed by atoms with Crippen LogP contribution in [-0.2, 0) is 14.4 Å².